The van der Waals surface area contributed by atoms with E-state index in [1.165, 1.54) is 0 Å². The third kappa shape index (κ3) is 2.36. The maximum Gasteiger partial charge on any atom is 0.328 e. The molecule has 4 aromatic rings. The third-order valence-corrected chi connectivity index (χ3v) is 4.13. The molecule has 0 aliphatic carbocycles. The first-order valence-corrected chi connectivity index (χ1v) is 7.74. The van der Waals surface area contributed by atoms with Crippen LogP contribution in [0.15, 0.2) is 78.9 Å². The van der Waals surface area contributed by atoms with Crippen LogP contribution in [0.4, 0.5) is 0 Å². The highest BCUT2D eigenvalue weighted by molar-refractivity contribution is 6.09. The van der Waals surface area contributed by atoms with Crippen molar-refractivity contribution in [2.75, 3.05) is 0 Å². The van der Waals surface area contributed by atoms with Gasteiger partial charge in [-0.3, -0.25) is 0 Å². The second-order valence-electron chi connectivity index (χ2n) is 5.64. The van der Waals surface area contributed by atoms with E-state index < -0.39 is 5.97 Å². The van der Waals surface area contributed by atoms with Crippen LogP contribution in [0.25, 0.3) is 33.6 Å². The zero-order chi connectivity index (χ0) is 16.5. The van der Waals surface area contributed by atoms with Gasteiger partial charge in [-0.25, -0.2) is 4.79 Å². The van der Waals surface area contributed by atoms with E-state index in [0.717, 1.165) is 39.1 Å². The van der Waals surface area contributed by atoms with Crippen LogP contribution >= 0.6 is 0 Å². The zero-order valence-electron chi connectivity index (χ0n) is 12.9. The predicted molar refractivity (Wildman–Crippen MR) is 97.5 cm³/mol. The first kappa shape index (κ1) is 14.3. The van der Waals surface area contributed by atoms with E-state index >= 15 is 0 Å². The summed E-state index contributed by atoms with van der Waals surface area (Å²) in [6.45, 7) is 0. The summed E-state index contributed by atoms with van der Waals surface area (Å²) in [5.74, 6) is -0.943. The molecule has 0 aliphatic heterocycles. The lowest BCUT2D eigenvalue weighted by Crippen LogP contribution is -1.92. The van der Waals surface area contributed by atoms with E-state index in [-0.39, 0.29) is 0 Å². The molecular weight excluding hydrogens is 298 g/mol. The molecular formula is C21H15NO2. The third-order valence-electron chi connectivity index (χ3n) is 4.13. The lowest BCUT2D eigenvalue weighted by atomic mass is 10.1. The van der Waals surface area contributed by atoms with Gasteiger partial charge in [0, 0.05) is 22.5 Å². The maximum absolute atomic E-state index is 10.7. The highest BCUT2D eigenvalue weighted by Crippen LogP contribution is 2.32. The van der Waals surface area contributed by atoms with Gasteiger partial charge in [0.15, 0.2) is 0 Å². The van der Waals surface area contributed by atoms with Crippen molar-refractivity contribution in [3.05, 3.63) is 84.4 Å². The molecule has 0 unspecified atom stereocenters. The van der Waals surface area contributed by atoms with Crippen molar-refractivity contribution in [3.8, 4) is 5.69 Å². The number of aromatic nitrogens is 1. The van der Waals surface area contributed by atoms with E-state index in [1.807, 2.05) is 48.5 Å². The molecule has 0 saturated carbocycles. The fourth-order valence-corrected chi connectivity index (χ4v) is 3.12. The summed E-state index contributed by atoms with van der Waals surface area (Å²) in [6, 6.07) is 24.5. The summed E-state index contributed by atoms with van der Waals surface area (Å²) < 4.78 is 2.23. The molecule has 0 atom stereocenters. The van der Waals surface area contributed by atoms with E-state index in [4.69, 9.17) is 5.11 Å². The van der Waals surface area contributed by atoms with Crippen LogP contribution in [0.3, 0.4) is 0 Å². The van der Waals surface area contributed by atoms with Gasteiger partial charge in [-0.1, -0.05) is 42.5 Å². The molecule has 0 bridgehead atoms. The molecule has 1 aromatic heterocycles. The molecule has 0 fully saturated rings. The first-order chi connectivity index (χ1) is 11.7. The van der Waals surface area contributed by atoms with Crippen LogP contribution in [-0.4, -0.2) is 15.6 Å². The van der Waals surface area contributed by atoms with Gasteiger partial charge >= 0.3 is 5.97 Å². The van der Waals surface area contributed by atoms with Gasteiger partial charge in [0.05, 0.1) is 11.0 Å². The highest BCUT2D eigenvalue weighted by atomic mass is 16.4. The topological polar surface area (TPSA) is 42.2 Å². The summed E-state index contributed by atoms with van der Waals surface area (Å²) in [5, 5.41) is 11.1. The van der Waals surface area contributed by atoms with Gasteiger partial charge in [-0.15, -0.1) is 0 Å². The number of nitrogens with zero attached hydrogens (tertiary/aromatic N) is 1. The van der Waals surface area contributed by atoms with E-state index in [0.29, 0.717) is 0 Å². The lowest BCUT2D eigenvalue weighted by Gasteiger charge is -2.07. The van der Waals surface area contributed by atoms with Crippen LogP contribution in [0, 0.1) is 0 Å². The molecule has 3 nitrogen and oxygen atoms in total. The Morgan fingerprint density at radius 1 is 0.833 bits per heavy atom. The van der Waals surface area contributed by atoms with Crippen molar-refractivity contribution in [1.82, 2.24) is 4.57 Å². The first-order valence-electron chi connectivity index (χ1n) is 7.74. The monoisotopic (exact) mass is 313 g/mol. The summed E-state index contributed by atoms with van der Waals surface area (Å²) in [7, 11) is 0. The fourth-order valence-electron chi connectivity index (χ4n) is 3.12. The Morgan fingerprint density at radius 3 is 2.33 bits per heavy atom. The van der Waals surface area contributed by atoms with Crippen LogP contribution < -0.4 is 0 Å². The Morgan fingerprint density at radius 2 is 1.54 bits per heavy atom. The van der Waals surface area contributed by atoms with E-state index in [2.05, 4.69) is 28.8 Å². The Labute approximate surface area is 139 Å². The standard InChI is InChI=1S/C21H15NO2/c23-21(24)13-11-15-10-12-20-18(14-15)17-8-4-5-9-19(17)22(20)16-6-2-1-3-7-16/h1-14H,(H,23,24)/b13-11+. The average molecular weight is 313 g/mol. The van der Waals surface area contributed by atoms with Crippen molar-refractivity contribution < 1.29 is 9.90 Å². The minimum atomic E-state index is -0.943. The van der Waals surface area contributed by atoms with Crippen LogP contribution in [-0.2, 0) is 4.79 Å². The van der Waals surface area contributed by atoms with Gasteiger partial charge in [0.2, 0.25) is 0 Å². The summed E-state index contributed by atoms with van der Waals surface area (Å²) in [4.78, 5) is 10.7. The molecule has 3 aromatic carbocycles. The highest BCUT2D eigenvalue weighted by Gasteiger charge is 2.11. The minimum Gasteiger partial charge on any atom is -0.478 e. The predicted octanol–water partition coefficient (Wildman–Crippen LogP) is 4.88. The molecule has 4 rings (SSSR count). The SMILES string of the molecule is O=C(O)/C=C/c1ccc2c(c1)c1ccccc1n2-c1ccccc1. The number of fused-ring (bicyclic) bond motifs is 3. The largest absolute Gasteiger partial charge is 0.478 e. The van der Waals surface area contributed by atoms with Crippen LogP contribution in [0.5, 0.6) is 0 Å². The Bertz CT molecular complexity index is 1080. The zero-order valence-corrected chi connectivity index (χ0v) is 12.9. The summed E-state index contributed by atoms with van der Waals surface area (Å²) in [6.07, 6.45) is 2.79. The van der Waals surface area contributed by atoms with Crippen molar-refractivity contribution in [3.63, 3.8) is 0 Å². The van der Waals surface area contributed by atoms with Crippen LogP contribution in [0.1, 0.15) is 5.56 Å². The number of hydrogen-bond donors (Lipinski definition) is 1. The molecule has 0 saturated heterocycles. The maximum atomic E-state index is 10.7. The summed E-state index contributed by atoms with van der Waals surface area (Å²) >= 11 is 0. The molecule has 116 valence electrons. The van der Waals surface area contributed by atoms with Gasteiger partial charge < -0.3 is 9.67 Å². The number of hydrogen-bond acceptors (Lipinski definition) is 1. The van der Waals surface area contributed by atoms with E-state index in [1.54, 1.807) is 6.08 Å². The molecule has 3 heteroatoms. The number of carbonyl (C=O) groups is 1. The lowest BCUT2D eigenvalue weighted by molar-refractivity contribution is -0.131. The molecule has 1 N–H and O–H groups in total. The van der Waals surface area contributed by atoms with Crippen molar-refractivity contribution in [2.45, 2.75) is 0 Å². The number of benzene rings is 3. The summed E-state index contributed by atoms with van der Waals surface area (Å²) in [5.41, 5.74) is 4.23. The number of rotatable bonds is 3. The van der Waals surface area contributed by atoms with Gasteiger partial charge in [-0.05, 0) is 42.0 Å². The molecule has 0 aliphatic rings. The van der Waals surface area contributed by atoms with Gasteiger partial charge in [0.1, 0.15) is 0 Å². The Hall–Kier alpha value is -3.33. The fraction of sp³-hybridized carbons (Fsp3) is 0. The number of carboxylic acid groups (broad SMARTS) is 1. The Balaban J connectivity index is 2.03. The van der Waals surface area contributed by atoms with Crippen molar-refractivity contribution >= 4 is 33.9 Å². The number of aliphatic carboxylic acids is 1. The van der Waals surface area contributed by atoms with Gasteiger partial charge in [0.25, 0.3) is 0 Å². The van der Waals surface area contributed by atoms with Crippen molar-refractivity contribution in [2.24, 2.45) is 0 Å². The second-order valence-corrected chi connectivity index (χ2v) is 5.64. The molecule has 0 spiro atoms. The minimum absolute atomic E-state index is 0.876. The van der Waals surface area contributed by atoms with E-state index in [9.17, 15) is 4.79 Å². The molecule has 1 heterocycles. The normalized spacial score (nSPS) is 11.5. The molecule has 0 amide bonds. The average Bonchev–Trinajstić information content (AvgIpc) is 2.94. The van der Waals surface area contributed by atoms with Crippen molar-refractivity contribution in [1.29, 1.82) is 0 Å². The molecule has 24 heavy (non-hydrogen) atoms. The number of carboxylic acids is 1. The quantitative estimate of drug-likeness (QED) is 0.548. The van der Waals surface area contributed by atoms with Gasteiger partial charge in [-0.2, -0.15) is 0 Å². The van der Waals surface area contributed by atoms with Crippen LogP contribution in [0.2, 0.25) is 0 Å². The second kappa shape index (κ2) is 5.70. The number of para-hydroxylation sites is 2. The Kier molecular flexibility index (Phi) is 3.39. The smallest absolute Gasteiger partial charge is 0.328 e. The molecule has 0 radical (unpaired) electrons.